The minimum atomic E-state index is -0.274. The molecule has 1 rings (SSSR count). The van der Waals surface area contributed by atoms with Gasteiger partial charge in [0.15, 0.2) is 0 Å². The predicted molar refractivity (Wildman–Crippen MR) is 96.6 cm³/mol. The Bertz CT molecular complexity index is 414. The first-order valence-electron chi connectivity index (χ1n) is 5.12. The molecule has 1 aromatic carbocycles. The highest BCUT2D eigenvalue weighted by Crippen LogP contribution is 2.25. The Balaban J connectivity index is 2.21. The minimum absolute atomic E-state index is 0.261. The van der Waals surface area contributed by atoms with Gasteiger partial charge in [0.2, 0.25) is 0 Å². The summed E-state index contributed by atoms with van der Waals surface area (Å²) in [6.07, 6.45) is 0.261. The van der Waals surface area contributed by atoms with Crippen LogP contribution in [0.4, 0.5) is 0 Å². The van der Waals surface area contributed by atoms with Crippen LogP contribution in [0, 0.1) is 0 Å². The fraction of sp³-hybridized carbons (Fsp3) is 0.250. The van der Waals surface area contributed by atoms with E-state index in [9.17, 15) is 4.79 Å². The van der Waals surface area contributed by atoms with Gasteiger partial charge in [-0.2, -0.15) is 0 Å². The topological polar surface area (TPSA) is 35.5 Å². The van der Waals surface area contributed by atoms with Crippen LogP contribution in [0.1, 0.15) is 6.42 Å². The molecule has 0 unspecified atom stereocenters. The van der Waals surface area contributed by atoms with Crippen LogP contribution in [-0.4, -0.2) is 19.2 Å². The largest absolute Gasteiger partial charge is 0.426 e. The number of benzene rings is 1. The summed E-state index contributed by atoms with van der Waals surface area (Å²) in [5, 5.41) is 0. The van der Waals surface area contributed by atoms with Crippen LogP contribution in [0.25, 0.3) is 0 Å². The molecule has 0 spiro atoms. The molecule has 0 amide bonds. The zero-order valence-electron chi connectivity index (χ0n) is 9.37. The van der Waals surface area contributed by atoms with Crippen molar-refractivity contribution in [2.24, 2.45) is 0 Å². The van der Waals surface area contributed by atoms with E-state index in [0.717, 1.165) is 3.58 Å². The second-order valence-electron chi connectivity index (χ2n) is 3.26. The van der Waals surface area contributed by atoms with Crippen molar-refractivity contribution < 1.29 is 14.3 Å². The number of ether oxygens (including phenoxy) is 2. The highest BCUT2D eigenvalue weighted by molar-refractivity contribution is 14.2. The highest BCUT2D eigenvalue weighted by Gasteiger charge is 2.05. The van der Waals surface area contributed by atoms with Crippen LogP contribution in [0.5, 0.6) is 5.75 Å². The molecule has 0 aliphatic rings. The van der Waals surface area contributed by atoms with Gasteiger partial charge in [0.1, 0.15) is 5.75 Å². The normalized spacial score (nSPS) is 9.94. The average Bonchev–Trinajstić information content (AvgIpc) is 2.35. The van der Waals surface area contributed by atoms with Gasteiger partial charge >= 0.3 is 5.97 Å². The van der Waals surface area contributed by atoms with Crippen molar-refractivity contribution in [2.45, 2.75) is 6.42 Å². The van der Waals surface area contributed by atoms with Crippen molar-refractivity contribution in [3.05, 3.63) is 35.5 Å². The van der Waals surface area contributed by atoms with E-state index < -0.39 is 0 Å². The number of para-hydroxylation sites is 1. The highest BCUT2D eigenvalue weighted by atomic mass is 127. The quantitative estimate of drug-likeness (QED) is 0.215. The number of hydrogen-bond donors (Lipinski definition) is 0. The lowest BCUT2D eigenvalue weighted by Gasteiger charge is -2.05. The van der Waals surface area contributed by atoms with Gasteiger partial charge in [0.25, 0.3) is 0 Å². The number of halogens is 3. The SMILES string of the molecule is O=C(CCOCC(I)=C(I)I)Oc1ccccc1. The molecule has 0 saturated carbocycles. The first kappa shape index (κ1) is 16.6. The van der Waals surface area contributed by atoms with Crippen LogP contribution in [0.2, 0.25) is 0 Å². The Morgan fingerprint density at radius 2 is 1.78 bits per heavy atom. The summed E-state index contributed by atoms with van der Waals surface area (Å²) in [5.41, 5.74) is 0. The maximum Gasteiger partial charge on any atom is 0.313 e. The summed E-state index contributed by atoms with van der Waals surface area (Å²) in [5.74, 6) is 0.295. The first-order chi connectivity index (χ1) is 8.59. The number of carbonyl (C=O) groups excluding carboxylic acids is 1. The zero-order chi connectivity index (χ0) is 13.4. The summed E-state index contributed by atoms with van der Waals surface area (Å²) >= 11 is 6.70. The smallest absolute Gasteiger partial charge is 0.313 e. The van der Waals surface area contributed by atoms with E-state index in [2.05, 4.69) is 67.8 Å². The van der Waals surface area contributed by atoms with Crippen molar-refractivity contribution in [2.75, 3.05) is 13.2 Å². The number of carbonyl (C=O) groups is 1. The number of rotatable bonds is 6. The molecule has 18 heavy (non-hydrogen) atoms. The van der Waals surface area contributed by atoms with Crippen molar-refractivity contribution in [3.63, 3.8) is 0 Å². The Morgan fingerprint density at radius 1 is 1.11 bits per heavy atom. The Hall–Kier alpha value is 0.580. The zero-order valence-corrected chi connectivity index (χ0v) is 15.8. The fourth-order valence-corrected chi connectivity index (χ4v) is 1.57. The molecule has 0 aliphatic heterocycles. The Kier molecular flexibility index (Phi) is 8.76. The molecule has 0 aromatic heterocycles. The molecule has 0 N–H and O–H groups in total. The summed E-state index contributed by atoms with van der Waals surface area (Å²) in [6.45, 7) is 0.916. The monoisotopic (exact) mass is 584 g/mol. The number of hydrogen-bond acceptors (Lipinski definition) is 3. The van der Waals surface area contributed by atoms with Crippen LogP contribution in [0.3, 0.4) is 0 Å². The molecule has 0 saturated heterocycles. The fourth-order valence-electron chi connectivity index (χ4n) is 1.04. The van der Waals surface area contributed by atoms with Gasteiger partial charge in [-0.05, 0) is 79.9 Å². The maximum atomic E-state index is 11.5. The van der Waals surface area contributed by atoms with Crippen molar-refractivity contribution in [1.29, 1.82) is 0 Å². The van der Waals surface area contributed by atoms with Crippen molar-refractivity contribution in [3.8, 4) is 5.75 Å². The third kappa shape index (κ3) is 7.24. The molecule has 0 aliphatic carbocycles. The van der Waals surface area contributed by atoms with Gasteiger partial charge in [-0.15, -0.1) is 0 Å². The molecule has 6 heteroatoms. The van der Waals surface area contributed by atoms with Gasteiger partial charge in [-0.25, -0.2) is 0 Å². The van der Waals surface area contributed by atoms with E-state index >= 15 is 0 Å². The lowest BCUT2D eigenvalue weighted by Crippen LogP contribution is -2.11. The van der Waals surface area contributed by atoms with Gasteiger partial charge in [0, 0.05) is 3.58 Å². The van der Waals surface area contributed by atoms with E-state index in [1.807, 2.05) is 18.2 Å². The van der Waals surface area contributed by atoms with E-state index in [1.165, 1.54) is 1.59 Å². The van der Waals surface area contributed by atoms with Crippen molar-refractivity contribution >= 4 is 73.7 Å². The molecule has 0 bridgehead atoms. The molecular weight excluding hydrogens is 573 g/mol. The molecule has 3 nitrogen and oxygen atoms in total. The lowest BCUT2D eigenvalue weighted by atomic mass is 10.3. The molecule has 0 fully saturated rings. The third-order valence-electron chi connectivity index (χ3n) is 1.86. The molecule has 0 radical (unpaired) electrons. The lowest BCUT2D eigenvalue weighted by molar-refractivity contribution is -0.135. The predicted octanol–water partition coefficient (Wildman–Crippen LogP) is 4.47. The minimum Gasteiger partial charge on any atom is -0.426 e. The van der Waals surface area contributed by atoms with Crippen LogP contribution >= 0.6 is 67.8 Å². The maximum absolute atomic E-state index is 11.5. The van der Waals surface area contributed by atoms with Crippen LogP contribution < -0.4 is 4.74 Å². The molecule has 0 heterocycles. The summed E-state index contributed by atoms with van der Waals surface area (Å²) in [6, 6.07) is 9.04. The van der Waals surface area contributed by atoms with E-state index in [0.29, 0.717) is 19.0 Å². The third-order valence-corrected chi connectivity index (χ3v) is 6.08. The molecule has 1 aromatic rings. The van der Waals surface area contributed by atoms with Gasteiger partial charge in [-0.1, -0.05) is 18.2 Å². The summed E-state index contributed by atoms with van der Waals surface area (Å²) in [4.78, 5) is 11.5. The Labute approximate surface area is 147 Å². The van der Waals surface area contributed by atoms with Gasteiger partial charge < -0.3 is 9.47 Å². The standard InChI is InChI=1S/C12H11I3O3/c13-10(12(14)15)8-17-7-6-11(16)18-9-4-2-1-3-5-9/h1-5H,6-8H2. The molecule has 98 valence electrons. The number of esters is 1. The summed E-state index contributed by atoms with van der Waals surface area (Å²) < 4.78 is 12.8. The Morgan fingerprint density at radius 3 is 2.39 bits per heavy atom. The first-order valence-corrected chi connectivity index (χ1v) is 8.36. The van der Waals surface area contributed by atoms with Crippen LogP contribution in [0.15, 0.2) is 35.5 Å². The van der Waals surface area contributed by atoms with Crippen molar-refractivity contribution in [1.82, 2.24) is 0 Å². The average molecular weight is 584 g/mol. The summed E-state index contributed by atoms with van der Waals surface area (Å²) in [7, 11) is 0. The molecular formula is C12H11I3O3. The second kappa shape index (κ2) is 9.48. The van der Waals surface area contributed by atoms with E-state index in [-0.39, 0.29) is 12.4 Å². The van der Waals surface area contributed by atoms with Gasteiger partial charge in [-0.3, -0.25) is 4.79 Å². The second-order valence-corrected chi connectivity index (χ2v) is 8.78. The van der Waals surface area contributed by atoms with E-state index in [4.69, 9.17) is 9.47 Å². The molecule has 0 atom stereocenters. The van der Waals surface area contributed by atoms with Crippen LogP contribution in [-0.2, 0) is 9.53 Å². The van der Waals surface area contributed by atoms with Gasteiger partial charge in [0.05, 0.1) is 21.2 Å². The van der Waals surface area contributed by atoms with E-state index in [1.54, 1.807) is 12.1 Å².